The number of hydrogen-bond acceptors (Lipinski definition) is 4. The fourth-order valence-corrected chi connectivity index (χ4v) is 3.93. The predicted molar refractivity (Wildman–Crippen MR) is 99.2 cm³/mol. The third-order valence-electron chi connectivity index (χ3n) is 4.01. The molecule has 3 N–H and O–H groups in total. The molecule has 1 heterocycles. The Morgan fingerprint density at radius 1 is 1.04 bits per heavy atom. The topological polar surface area (TPSA) is 73.8 Å². The van der Waals surface area contributed by atoms with Crippen LogP contribution in [0.2, 0.25) is 0 Å². The van der Waals surface area contributed by atoms with Gasteiger partial charge in [-0.1, -0.05) is 31.9 Å². The number of rotatable bonds is 3. The maximum absolute atomic E-state index is 10.9. The number of benzene rings is 2. The Hall–Kier alpha value is -1.34. The van der Waals surface area contributed by atoms with E-state index in [1.807, 2.05) is 19.1 Å². The third kappa shape index (κ3) is 2.99. The van der Waals surface area contributed by atoms with Crippen LogP contribution in [0.1, 0.15) is 41.6 Å². The highest BCUT2D eigenvalue weighted by Gasteiger charge is 2.26. The highest BCUT2D eigenvalue weighted by Crippen LogP contribution is 2.40. The molecule has 2 unspecified atom stereocenters. The molecule has 4 nitrogen and oxygen atoms in total. The Bertz CT molecular complexity index is 892. The monoisotopic (exact) mass is 454 g/mol. The van der Waals surface area contributed by atoms with Crippen LogP contribution in [0.15, 0.2) is 43.7 Å². The summed E-state index contributed by atoms with van der Waals surface area (Å²) in [6.07, 6.45) is -1.87. The first-order valence-electron chi connectivity index (χ1n) is 7.36. The zero-order valence-corrected chi connectivity index (χ0v) is 16.2. The van der Waals surface area contributed by atoms with E-state index in [-0.39, 0.29) is 11.5 Å². The van der Waals surface area contributed by atoms with E-state index in [0.29, 0.717) is 22.1 Å². The third-order valence-corrected chi connectivity index (χ3v) is 5.66. The van der Waals surface area contributed by atoms with E-state index in [0.717, 1.165) is 14.5 Å². The summed E-state index contributed by atoms with van der Waals surface area (Å²) in [7, 11) is 0. The molecule has 3 rings (SSSR count). The number of aliphatic hydroxyl groups is 2. The molecule has 3 aromatic rings. The first-order valence-corrected chi connectivity index (χ1v) is 8.95. The second-order valence-corrected chi connectivity index (χ2v) is 7.46. The summed E-state index contributed by atoms with van der Waals surface area (Å²) in [5.74, 6) is 0.353. The molecule has 0 aliphatic heterocycles. The number of aromatic hydroxyl groups is 1. The quantitative estimate of drug-likeness (QED) is 0.513. The zero-order chi connectivity index (χ0) is 17.6. The van der Waals surface area contributed by atoms with Gasteiger partial charge in [0.2, 0.25) is 0 Å². The molecule has 126 valence electrons. The minimum absolute atomic E-state index is 0.0651. The summed E-state index contributed by atoms with van der Waals surface area (Å²) in [6, 6.07) is 8.36. The van der Waals surface area contributed by atoms with Crippen molar-refractivity contribution in [1.29, 1.82) is 0 Å². The summed E-state index contributed by atoms with van der Waals surface area (Å²) in [5.41, 5.74) is 2.62. The van der Waals surface area contributed by atoms with Crippen LogP contribution in [0.25, 0.3) is 11.0 Å². The largest absolute Gasteiger partial charge is 0.508 e. The smallest absolute Gasteiger partial charge is 0.139 e. The van der Waals surface area contributed by atoms with E-state index in [9.17, 15) is 15.3 Å². The molecule has 0 bridgehead atoms. The normalized spacial score (nSPS) is 14.1. The van der Waals surface area contributed by atoms with Crippen LogP contribution in [-0.2, 0) is 0 Å². The molecule has 24 heavy (non-hydrogen) atoms. The molecule has 0 fully saturated rings. The zero-order valence-electron chi connectivity index (χ0n) is 13.0. The first-order chi connectivity index (χ1) is 11.3. The highest BCUT2D eigenvalue weighted by atomic mass is 79.9. The molecule has 0 saturated carbocycles. The summed E-state index contributed by atoms with van der Waals surface area (Å²) in [6.45, 7) is 3.54. The molecule has 0 aliphatic carbocycles. The van der Waals surface area contributed by atoms with Gasteiger partial charge in [-0.15, -0.1) is 0 Å². The highest BCUT2D eigenvalue weighted by molar-refractivity contribution is 9.11. The Labute approximate surface area is 156 Å². The minimum atomic E-state index is -0.978. The fraction of sp³-hybridized carbons (Fsp3) is 0.222. The maximum Gasteiger partial charge on any atom is 0.139 e. The van der Waals surface area contributed by atoms with Gasteiger partial charge in [-0.3, -0.25) is 0 Å². The van der Waals surface area contributed by atoms with Crippen molar-refractivity contribution >= 4 is 42.8 Å². The van der Waals surface area contributed by atoms with Crippen LogP contribution in [0, 0.1) is 6.92 Å². The minimum Gasteiger partial charge on any atom is -0.508 e. The molecule has 0 amide bonds. The van der Waals surface area contributed by atoms with Gasteiger partial charge in [0, 0.05) is 26.0 Å². The van der Waals surface area contributed by atoms with E-state index < -0.39 is 12.2 Å². The fourth-order valence-electron chi connectivity index (χ4n) is 2.71. The molecule has 1 aromatic heterocycles. The van der Waals surface area contributed by atoms with Crippen molar-refractivity contribution in [2.24, 2.45) is 0 Å². The van der Waals surface area contributed by atoms with E-state index in [1.54, 1.807) is 13.0 Å². The summed E-state index contributed by atoms with van der Waals surface area (Å²) < 4.78 is 7.42. The molecule has 2 aromatic carbocycles. The number of halogens is 2. The van der Waals surface area contributed by atoms with Crippen LogP contribution < -0.4 is 0 Å². The van der Waals surface area contributed by atoms with Gasteiger partial charge < -0.3 is 19.7 Å². The number of fused-ring (bicyclic) bond motifs is 1. The summed E-state index contributed by atoms with van der Waals surface area (Å²) in [4.78, 5) is 0. The standard InChI is InChI=1S/C18H16Br2O4/c1-8-13(19)5-10(6-14(8)20)17(23)16-12-4-3-11(22)7-15(12)24-18(16)9(2)21/h3-7,9,17,21-23H,1-2H3. The van der Waals surface area contributed by atoms with Gasteiger partial charge in [0.15, 0.2) is 0 Å². The average molecular weight is 456 g/mol. The lowest BCUT2D eigenvalue weighted by atomic mass is 9.96. The number of phenolic OH excluding ortho intramolecular Hbond substituents is 1. The lowest BCUT2D eigenvalue weighted by Gasteiger charge is -2.15. The van der Waals surface area contributed by atoms with Crippen molar-refractivity contribution in [3.8, 4) is 5.75 Å². The number of phenols is 1. The molecule has 0 radical (unpaired) electrons. The molecular formula is C18H16Br2O4. The Balaban J connectivity index is 2.22. The van der Waals surface area contributed by atoms with Gasteiger partial charge >= 0.3 is 0 Å². The van der Waals surface area contributed by atoms with Crippen molar-refractivity contribution < 1.29 is 19.7 Å². The van der Waals surface area contributed by atoms with E-state index in [4.69, 9.17) is 4.42 Å². The lowest BCUT2D eigenvalue weighted by molar-refractivity contribution is 0.160. The second-order valence-electron chi connectivity index (χ2n) is 5.75. The van der Waals surface area contributed by atoms with E-state index in [2.05, 4.69) is 31.9 Å². The molecule has 0 saturated heterocycles. The average Bonchev–Trinajstić information content (AvgIpc) is 2.90. The SMILES string of the molecule is Cc1c(Br)cc(C(O)c2c(C(C)O)oc3cc(O)ccc23)cc1Br. The lowest BCUT2D eigenvalue weighted by Crippen LogP contribution is -2.04. The van der Waals surface area contributed by atoms with Crippen molar-refractivity contribution in [2.75, 3.05) is 0 Å². The molecular weight excluding hydrogens is 440 g/mol. The van der Waals surface area contributed by atoms with Gasteiger partial charge in [-0.05, 0) is 49.2 Å². The van der Waals surface area contributed by atoms with Gasteiger partial charge in [-0.2, -0.15) is 0 Å². The first kappa shape index (κ1) is 17.5. The molecule has 0 spiro atoms. The molecule has 0 aliphatic rings. The van der Waals surface area contributed by atoms with Crippen LogP contribution >= 0.6 is 31.9 Å². The van der Waals surface area contributed by atoms with Gasteiger partial charge in [0.25, 0.3) is 0 Å². The van der Waals surface area contributed by atoms with Gasteiger partial charge in [0.1, 0.15) is 29.3 Å². The summed E-state index contributed by atoms with van der Waals surface area (Å²) >= 11 is 6.98. The molecule has 2 atom stereocenters. The van der Waals surface area contributed by atoms with Crippen molar-refractivity contribution in [1.82, 2.24) is 0 Å². The maximum atomic E-state index is 10.9. The molecule has 6 heteroatoms. The van der Waals surface area contributed by atoms with Crippen molar-refractivity contribution in [3.63, 3.8) is 0 Å². The number of hydrogen-bond donors (Lipinski definition) is 3. The van der Waals surface area contributed by atoms with Crippen LogP contribution in [0.3, 0.4) is 0 Å². The Morgan fingerprint density at radius 2 is 1.67 bits per heavy atom. The van der Waals surface area contributed by atoms with E-state index >= 15 is 0 Å². The summed E-state index contributed by atoms with van der Waals surface area (Å²) in [5, 5.41) is 31.3. The van der Waals surface area contributed by atoms with Crippen LogP contribution in [0.5, 0.6) is 5.75 Å². The number of aliphatic hydroxyl groups excluding tert-OH is 2. The Kier molecular flexibility index (Phi) is 4.75. The predicted octanol–water partition coefficient (Wildman–Crippen LogP) is 5.11. The van der Waals surface area contributed by atoms with Crippen molar-refractivity contribution in [3.05, 3.63) is 61.7 Å². The Morgan fingerprint density at radius 3 is 2.25 bits per heavy atom. The van der Waals surface area contributed by atoms with Crippen LogP contribution in [-0.4, -0.2) is 15.3 Å². The van der Waals surface area contributed by atoms with Gasteiger partial charge in [0.05, 0.1) is 0 Å². The van der Waals surface area contributed by atoms with Crippen LogP contribution in [0.4, 0.5) is 0 Å². The van der Waals surface area contributed by atoms with E-state index in [1.165, 1.54) is 12.1 Å². The number of furan rings is 1. The van der Waals surface area contributed by atoms with Crippen molar-refractivity contribution in [2.45, 2.75) is 26.1 Å². The second kappa shape index (κ2) is 6.52. The van der Waals surface area contributed by atoms with Gasteiger partial charge in [-0.25, -0.2) is 0 Å².